The third-order valence-electron chi connectivity index (χ3n) is 3.14. The summed E-state index contributed by atoms with van der Waals surface area (Å²) in [6.45, 7) is 4.41. The number of aromatic nitrogens is 4. The molecule has 0 atom stereocenters. The molecule has 0 aliphatic carbocycles. The molecule has 0 fully saturated rings. The Balaban J connectivity index is 2.24. The average Bonchev–Trinajstić information content (AvgIpc) is 2.91. The molecule has 0 aliphatic rings. The highest BCUT2D eigenvalue weighted by molar-refractivity contribution is 5.89. The van der Waals surface area contributed by atoms with Gasteiger partial charge in [-0.25, -0.2) is 0 Å². The minimum Gasteiger partial charge on any atom is -0.177 e. The van der Waals surface area contributed by atoms with E-state index in [1.165, 1.54) is 16.3 Å². The van der Waals surface area contributed by atoms with Gasteiger partial charge in [0.1, 0.15) is 0 Å². The van der Waals surface area contributed by atoms with Gasteiger partial charge in [-0.2, -0.15) is 5.21 Å². The normalized spacial score (nSPS) is 11.3. The van der Waals surface area contributed by atoms with Gasteiger partial charge in [0.05, 0.1) is 0 Å². The van der Waals surface area contributed by atoms with Gasteiger partial charge in [-0.15, -0.1) is 10.2 Å². The fourth-order valence-electron chi connectivity index (χ4n) is 2.22. The number of nitrogens with zero attached hydrogens (tertiary/aromatic N) is 3. The molecule has 18 heavy (non-hydrogen) atoms. The van der Waals surface area contributed by atoms with Crippen molar-refractivity contribution in [3.05, 3.63) is 42.0 Å². The molecule has 4 heteroatoms. The van der Waals surface area contributed by atoms with E-state index in [0.29, 0.717) is 11.7 Å². The number of fused-ring (bicyclic) bond motifs is 1. The molecule has 1 N–H and O–H groups in total. The molecule has 4 nitrogen and oxygen atoms in total. The maximum absolute atomic E-state index is 4.02. The van der Waals surface area contributed by atoms with Crippen LogP contribution in [0.15, 0.2) is 36.4 Å². The summed E-state index contributed by atoms with van der Waals surface area (Å²) in [6, 6.07) is 12.7. The summed E-state index contributed by atoms with van der Waals surface area (Å²) < 4.78 is 0. The van der Waals surface area contributed by atoms with Crippen molar-refractivity contribution in [2.75, 3.05) is 0 Å². The van der Waals surface area contributed by atoms with E-state index in [1.807, 2.05) is 6.07 Å². The van der Waals surface area contributed by atoms with Gasteiger partial charge in [0.2, 0.25) is 5.82 Å². The van der Waals surface area contributed by atoms with Crippen LogP contribution in [0, 0.1) is 0 Å². The van der Waals surface area contributed by atoms with E-state index in [4.69, 9.17) is 0 Å². The van der Waals surface area contributed by atoms with Gasteiger partial charge in [-0.05, 0) is 33.5 Å². The summed E-state index contributed by atoms with van der Waals surface area (Å²) in [5.74, 6) is 1.13. The molecule has 0 saturated carbocycles. The van der Waals surface area contributed by atoms with E-state index in [0.717, 1.165) is 5.56 Å². The molecule has 1 heterocycles. The smallest absolute Gasteiger partial charge is 0.177 e. The lowest BCUT2D eigenvalue weighted by molar-refractivity contribution is 0.876. The van der Waals surface area contributed by atoms with Crippen molar-refractivity contribution in [2.45, 2.75) is 19.8 Å². The summed E-state index contributed by atoms with van der Waals surface area (Å²) >= 11 is 0. The number of hydrogen-bond donors (Lipinski definition) is 1. The predicted molar refractivity (Wildman–Crippen MR) is 71.2 cm³/mol. The Kier molecular flexibility index (Phi) is 2.55. The first kappa shape index (κ1) is 10.9. The number of hydrogen-bond acceptors (Lipinski definition) is 3. The van der Waals surface area contributed by atoms with Crippen LogP contribution in [-0.4, -0.2) is 20.6 Å². The van der Waals surface area contributed by atoms with Crippen molar-refractivity contribution >= 4 is 10.8 Å². The van der Waals surface area contributed by atoms with Crippen molar-refractivity contribution < 1.29 is 0 Å². The zero-order chi connectivity index (χ0) is 12.5. The summed E-state index contributed by atoms with van der Waals surface area (Å²) in [4.78, 5) is 0. The molecule has 3 rings (SSSR count). The fourth-order valence-corrected chi connectivity index (χ4v) is 2.22. The van der Waals surface area contributed by atoms with Gasteiger partial charge in [0, 0.05) is 5.56 Å². The lowest BCUT2D eigenvalue weighted by atomic mass is 9.95. The second-order valence-corrected chi connectivity index (χ2v) is 4.67. The topological polar surface area (TPSA) is 54.5 Å². The first-order chi connectivity index (χ1) is 8.75. The summed E-state index contributed by atoms with van der Waals surface area (Å²) in [7, 11) is 0. The van der Waals surface area contributed by atoms with Crippen LogP contribution in [0.1, 0.15) is 25.3 Å². The molecule has 2 aromatic carbocycles. The quantitative estimate of drug-likeness (QED) is 0.746. The molecule has 0 spiro atoms. The number of rotatable bonds is 2. The van der Waals surface area contributed by atoms with Crippen molar-refractivity contribution in [3.63, 3.8) is 0 Å². The van der Waals surface area contributed by atoms with Crippen LogP contribution in [-0.2, 0) is 0 Å². The van der Waals surface area contributed by atoms with Crippen molar-refractivity contribution in [3.8, 4) is 11.4 Å². The zero-order valence-corrected chi connectivity index (χ0v) is 10.4. The highest BCUT2D eigenvalue weighted by Gasteiger charge is 2.08. The fraction of sp³-hybridized carbons (Fsp3) is 0.214. The Hall–Kier alpha value is -2.23. The Morgan fingerprint density at radius 2 is 2.00 bits per heavy atom. The van der Waals surface area contributed by atoms with Gasteiger partial charge in [0.15, 0.2) is 0 Å². The highest BCUT2D eigenvalue weighted by atomic mass is 15.5. The zero-order valence-electron chi connectivity index (χ0n) is 10.4. The third-order valence-corrected chi connectivity index (χ3v) is 3.14. The second kappa shape index (κ2) is 4.22. The van der Waals surface area contributed by atoms with Gasteiger partial charge in [-0.1, -0.05) is 44.2 Å². The van der Waals surface area contributed by atoms with Crippen LogP contribution in [0.2, 0.25) is 0 Å². The van der Waals surface area contributed by atoms with E-state index < -0.39 is 0 Å². The Bertz CT molecular complexity index is 671. The minimum absolute atomic E-state index is 0.495. The molecular formula is C14H14N4. The Morgan fingerprint density at radius 3 is 2.72 bits per heavy atom. The van der Waals surface area contributed by atoms with Crippen molar-refractivity contribution in [1.29, 1.82) is 0 Å². The predicted octanol–water partition coefficient (Wildman–Crippen LogP) is 3.14. The molecule has 0 bridgehead atoms. The van der Waals surface area contributed by atoms with Gasteiger partial charge < -0.3 is 0 Å². The summed E-state index contributed by atoms with van der Waals surface area (Å²) in [5.41, 5.74) is 2.34. The lowest BCUT2D eigenvalue weighted by Crippen LogP contribution is -1.90. The first-order valence-electron chi connectivity index (χ1n) is 6.02. The molecule has 0 amide bonds. The largest absolute Gasteiger partial charge is 0.204 e. The third kappa shape index (κ3) is 1.76. The van der Waals surface area contributed by atoms with Crippen molar-refractivity contribution in [1.82, 2.24) is 20.6 Å². The average molecular weight is 238 g/mol. The lowest BCUT2D eigenvalue weighted by Gasteiger charge is -2.10. The number of H-pyrrole nitrogens is 1. The molecule has 0 radical (unpaired) electrons. The van der Waals surface area contributed by atoms with Crippen LogP contribution in [0.3, 0.4) is 0 Å². The van der Waals surface area contributed by atoms with Gasteiger partial charge >= 0.3 is 0 Å². The summed E-state index contributed by atoms with van der Waals surface area (Å²) in [6.07, 6.45) is 0. The Labute approximate surface area is 105 Å². The maximum Gasteiger partial charge on any atom is 0.204 e. The van der Waals surface area contributed by atoms with Crippen LogP contribution < -0.4 is 0 Å². The second-order valence-electron chi connectivity index (χ2n) is 4.67. The molecule has 0 aliphatic heterocycles. The van der Waals surface area contributed by atoms with Crippen LogP contribution >= 0.6 is 0 Å². The number of aromatic amines is 1. The SMILES string of the molecule is CC(C)c1cccc2ccc(-c3nn[nH]n3)cc12. The van der Waals surface area contributed by atoms with E-state index in [-0.39, 0.29) is 0 Å². The van der Waals surface area contributed by atoms with E-state index >= 15 is 0 Å². The van der Waals surface area contributed by atoms with E-state index in [9.17, 15) is 0 Å². The first-order valence-corrected chi connectivity index (χ1v) is 6.02. The maximum atomic E-state index is 4.02. The number of benzene rings is 2. The van der Waals surface area contributed by atoms with Crippen molar-refractivity contribution in [2.24, 2.45) is 0 Å². The number of tetrazole rings is 1. The van der Waals surface area contributed by atoms with E-state index in [1.54, 1.807) is 0 Å². The molecule has 3 aromatic rings. The standard InChI is InChI=1S/C14H14N4/c1-9(2)12-5-3-4-10-6-7-11(8-13(10)12)14-15-17-18-16-14/h3-9H,1-2H3,(H,15,16,17,18). The highest BCUT2D eigenvalue weighted by Crippen LogP contribution is 2.28. The number of nitrogens with one attached hydrogen (secondary N) is 1. The monoisotopic (exact) mass is 238 g/mol. The molecule has 0 saturated heterocycles. The Morgan fingerprint density at radius 1 is 1.11 bits per heavy atom. The molecule has 1 aromatic heterocycles. The molecular weight excluding hydrogens is 224 g/mol. The van der Waals surface area contributed by atoms with Gasteiger partial charge in [0.25, 0.3) is 0 Å². The molecule has 90 valence electrons. The van der Waals surface area contributed by atoms with Crippen LogP contribution in [0.4, 0.5) is 0 Å². The van der Waals surface area contributed by atoms with Crippen LogP contribution in [0.5, 0.6) is 0 Å². The van der Waals surface area contributed by atoms with E-state index in [2.05, 4.69) is 64.8 Å². The minimum atomic E-state index is 0.495. The van der Waals surface area contributed by atoms with Gasteiger partial charge in [-0.3, -0.25) is 0 Å². The molecule has 0 unspecified atom stereocenters. The van der Waals surface area contributed by atoms with Crippen LogP contribution in [0.25, 0.3) is 22.2 Å². The summed E-state index contributed by atoms with van der Waals surface area (Å²) in [5, 5.41) is 16.6.